The lowest BCUT2D eigenvalue weighted by atomic mass is 9.89. The zero-order valence-electron chi connectivity index (χ0n) is 16.0. The molecule has 1 heterocycles. The lowest BCUT2D eigenvalue weighted by Gasteiger charge is -2.27. The first-order chi connectivity index (χ1) is 13.0. The molecule has 150 valence electrons. The van der Waals surface area contributed by atoms with Crippen molar-refractivity contribution in [1.82, 2.24) is 5.32 Å². The van der Waals surface area contributed by atoms with Crippen molar-refractivity contribution in [1.29, 1.82) is 0 Å². The van der Waals surface area contributed by atoms with Crippen molar-refractivity contribution in [3.8, 4) is 17.2 Å². The molecular weight excluding hydrogens is 386 g/mol. The number of esters is 1. The van der Waals surface area contributed by atoms with E-state index in [4.69, 9.17) is 18.9 Å². The summed E-state index contributed by atoms with van der Waals surface area (Å²) < 4.78 is 20.7. The van der Waals surface area contributed by atoms with Gasteiger partial charge in [-0.25, -0.2) is 4.79 Å². The number of Topliss-reactive ketones (excluding diaryl/α,β-unsaturated/α-hetero) is 1. The number of hydrogen-bond donors (Lipinski definition) is 1. The molecule has 0 saturated heterocycles. The molecule has 1 atom stereocenters. The van der Waals surface area contributed by atoms with E-state index in [9.17, 15) is 9.59 Å². The van der Waals surface area contributed by atoms with E-state index in [0.29, 0.717) is 34.9 Å². The predicted octanol–water partition coefficient (Wildman–Crippen LogP) is 2.95. The van der Waals surface area contributed by atoms with Gasteiger partial charge in [0.25, 0.3) is 0 Å². The molecule has 7 nitrogen and oxygen atoms in total. The molecule has 0 aromatic heterocycles. The molecule has 8 heteroatoms. The van der Waals surface area contributed by atoms with Gasteiger partial charge in [0, 0.05) is 17.7 Å². The molecule has 3 rings (SSSR count). The molecule has 28 heavy (non-hydrogen) atoms. The Labute approximate surface area is 169 Å². The third kappa shape index (κ3) is 3.63. The van der Waals surface area contributed by atoms with Crippen molar-refractivity contribution in [2.45, 2.75) is 12.6 Å². The van der Waals surface area contributed by atoms with Crippen molar-refractivity contribution in [2.24, 2.45) is 0 Å². The summed E-state index contributed by atoms with van der Waals surface area (Å²) in [6, 6.07) is 7.88. The molecular formula is C20H22ClNO6. The minimum absolute atomic E-state index is 0. The van der Waals surface area contributed by atoms with Crippen molar-refractivity contribution in [3.05, 3.63) is 52.6 Å². The van der Waals surface area contributed by atoms with Crippen LogP contribution in [0.25, 0.3) is 0 Å². The molecule has 1 aliphatic rings. The average Bonchev–Trinajstić information content (AvgIpc) is 2.72. The second kappa shape index (κ2) is 8.95. The average molecular weight is 408 g/mol. The third-order valence-electron chi connectivity index (χ3n) is 4.62. The van der Waals surface area contributed by atoms with Gasteiger partial charge in [0.15, 0.2) is 17.3 Å². The summed E-state index contributed by atoms with van der Waals surface area (Å²) in [6.45, 7) is 0.422. The Balaban J connectivity index is 0.00000280. The Morgan fingerprint density at radius 1 is 1.00 bits per heavy atom. The van der Waals surface area contributed by atoms with Crippen LogP contribution < -0.4 is 19.5 Å². The quantitative estimate of drug-likeness (QED) is 0.763. The van der Waals surface area contributed by atoms with Gasteiger partial charge in [-0.2, -0.15) is 0 Å². The van der Waals surface area contributed by atoms with Crippen LogP contribution in [-0.4, -0.2) is 40.2 Å². The molecule has 0 bridgehead atoms. The lowest BCUT2D eigenvalue weighted by molar-refractivity contribution is 0.0596. The largest absolute Gasteiger partial charge is 0.496 e. The fraction of sp³-hybridized carbons (Fsp3) is 0.300. The second-order valence-electron chi connectivity index (χ2n) is 5.96. The Morgan fingerprint density at radius 2 is 1.68 bits per heavy atom. The van der Waals surface area contributed by atoms with Crippen molar-refractivity contribution in [2.75, 3.05) is 28.4 Å². The second-order valence-corrected chi connectivity index (χ2v) is 5.96. The first-order valence-electron chi connectivity index (χ1n) is 8.33. The van der Waals surface area contributed by atoms with E-state index in [1.165, 1.54) is 14.2 Å². The van der Waals surface area contributed by atoms with E-state index in [2.05, 4.69) is 5.32 Å². The van der Waals surface area contributed by atoms with Gasteiger partial charge >= 0.3 is 5.97 Å². The van der Waals surface area contributed by atoms with Crippen molar-refractivity contribution < 1.29 is 28.5 Å². The maximum Gasteiger partial charge on any atom is 0.341 e. The smallest absolute Gasteiger partial charge is 0.341 e. The summed E-state index contributed by atoms with van der Waals surface area (Å²) in [6.07, 6.45) is 0. The van der Waals surface area contributed by atoms with E-state index in [-0.39, 0.29) is 23.8 Å². The number of rotatable bonds is 5. The maximum absolute atomic E-state index is 13.1. The minimum Gasteiger partial charge on any atom is -0.496 e. The molecule has 0 saturated carbocycles. The SMILES string of the molecule is COC(=O)c1cc(C2NCc3c(ccc(OC)c3OC)C2=O)ccc1OC.Cl. The van der Waals surface area contributed by atoms with Crippen molar-refractivity contribution >= 4 is 24.2 Å². The molecule has 1 N–H and O–H groups in total. The van der Waals surface area contributed by atoms with Crippen LogP contribution in [0.2, 0.25) is 0 Å². The van der Waals surface area contributed by atoms with Gasteiger partial charge in [-0.3, -0.25) is 10.1 Å². The first kappa shape index (κ1) is 21.5. The Hall–Kier alpha value is -2.77. The Bertz CT molecular complexity index is 899. The van der Waals surface area contributed by atoms with E-state index in [0.717, 1.165) is 5.56 Å². The number of nitrogens with one attached hydrogen (secondary N) is 1. The monoisotopic (exact) mass is 407 g/mol. The van der Waals surface area contributed by atoms with Gasteiger partial charge in [-0.05, 0) is 29.8 Å². The first-order valence-corrected chi connectivity index (χ1v) is 8.33. The summed E-state index contributed by atoms with van der Waals surface area (Å²) in [5.41, 5.74) is 2.23. The molecule has 2 aromatic carbocycles. The number of ether oxygens (including phenoxy) is 4. The van der Waals surface area contributed by atoms with Crippen LogP contribution in [0.3, 0.4) is 0 Å². The van der Waals surface area contributed by atoms with Gasteiger partial charge in [0.05, 0.1) is 34.5 Å². The summed E-state index contributed by atoms with van der Waals surface area (Å²) in [7, 11) is 5.87. The van der Waals surface area contributed by atoms with Gasteiger partial charge in [-0.15, -0.1) is 12.4 Å². The van der Waals surface area contributed by atoms with E-state index in [1.54, 1.807) is 44.6 Å². The van der Waals surface area contributed by atoms with Gasteiger partial charge in [-0.1, -0.05) is 6.07 Å². The van der Waals surface area contributed by atoms with Crippen LogP contribution in [0.1, 0.15) is 37.9 Å². The Morgan fingerprint density at radius 3 is 2.29 bits per heavy atom. The summed E-state index contributed by atoms with van der Waals surface area (Å²) in [5, 5.41) is 3.21. The summed E-state index contributed by atoms with van der Waals surface area (Å²) in [4.78, 5) is 25.1. The highest BCUT2D eigenvalue weighted by Crippen LogP contribution is 2.38. The van der Waals surface area contributed by atoms with Gasteiger partial charge in [0.2, 0.25) is 0 Å². The molecule has 1 unspecified atom stereocenters. The fourth-order valence-electron chi connectivity index (χ4n) is 3.29. The van der Waals surface area contributed by atoms with E-state index < -0.39 is 12.0 Å². The summed E-state index contributed by atoms with van der Waals surface area (Å²) in [5.74, 6) is 0.864. The molecule has 0 radical (unpaired) electrons. The number of hydrogen-bond acceptors (Lipinski definition) is 7. The number of carbonyl (C=O) groups is 2. The third-order valence-corrected chi connectivity index (χ3v) is 4.62. The minimum atomic E-state index is -0.593. The van der Waals surface area contributed by atoms with Crippen LogP contribution >= 0.6 is 12.4 Å². The van der Waals surface area contributed by atoms with E-state index in [1.807, 2.05) is 0 Å². The standard InChI is InChI=1S/C20H21NO6.ClH/c1-24-15-7-5-11(9-13(15)20(23)27-4)17-18(22)12-6-8-16(25-2)19(26-3)14(12)10-21-17;/h5-9,17,21H,10H2,1-4H3;1H. The summed E-state index contributed by atoms with van der Waals surface area (Å²) >= 11 is 0. The number of methoxy groups -OCH3 is 4. The highest BCUT2D eigenvalue weighted by atomic mass is 35.5. The number of ketones is 1. The highest BCUT2D eigenvalue weighted by molar-refractivity contribution is 6.04. The van der Waals surface area contributed by atoms with Crippen LogP contribution in [-0.2, 0) is 11.3 Å². The number of fused-ring (bicyclic) bond motifs is 1. The van der Waals surface area contributed by atoms with Crippen LogP contribution in [0.4, 0.5) is 0 Å². The zero-order valence-corrected chi connectivity index (χ0v) is 16.8. The van der Waals surface area contributed by atoms with Crippen LogP contribution in [0, 0.1) is 0 Å². The van der Waals surface area contributed by atoms with Crippen LogP contribution in [0.5, 0.6) is 17.2 Å². The molecule has 0 spiro atoms. The highest BCUT2D eigenvalue weighted by Gasteiger charge is 2.32. The number of halogens is 1. The Kier molecular flexibility index (Phi) is 6.88. The number of benzene rings is 2. The normalized spacial score (nSPS) is 15.1. The zero-order chi connectivity index (χ0) is 19.6. The predicted molar refractivity (Wildman–Crippen MR) is 105 cm³/mol. The van der Waals surface area contributed by atoms with E-state index >= 15 is 0 Å². The molecule has 0 amide bonds. The van der Waals surface area contributed by atoms with Crippen LogP contribution in [0.15, 0.2) is 30.3 Å². The molecule has 2 aromatic rings. The number of carbonyl (C=O) groups excluding carboxylic acids is 2. The maximum atomic E-state index is 13.1. The fourth-order valence-corrected chi connectivity index (χ4v) is 3.29. The molecule has 1 aliphatic heterocycles. The van der Waals surface area contributed by atoms with Gasteiger partial charge in [0.1, 0.15) is 11.3 Å². The topological polar surface area (TPSA) is 83.1 Å². The lowest BCUT2D eigenvalue weighted by Crippen LogP contribution is -2.34. The molecule has 0 fully saturated rings. The van der Waals surface area contributed by atoms with Crippen molar-refractivity contribution in [3.63, 3.8) is 0 Å². The molecule has 0 aliphatic carbocycles. The van der Waals surface area contributed by atoms with Gasteiger partial charge < -0.3 is 18.9 Å².